The monoisotopic (exact) mass is 417 g/mol. The SMILES string of the molecule is Cc1ccc(S(=O)(=O)CCC(=O)NCc2ccccc2C[NH+]2CCOCC2)cc1. The van der Waals surface area contributed by atoms with E-state index in [4.69, 9.17) is 4.74 Å². The first kappa shape index (κ1) is 21.5. The lowest BCUT2D eigenvalue weighted by Gasteiger charge is -2.24. The normalized spacial score (nSPS) is 15.2. The quantitative estimate of drug-likeness (QED) is 0.669. The second kappa shape index (κ2) is 10.0. The Morgan fingerprint density at radius 3 is 2.38 bits per heavy atom. The van der Waals surface area contributed by atoms with Gasteiger partial charge in [-0.15, -0.1) is 0 Å². The van der Waals surface area contributed by atoms with E-state index in [-0.39, 0.29) is 23.0 Å². The van der Waals surface area contributed by atoms with Gasteiger partial charge in [0.2, 0.25) is 5.91 Å². The van der Waals surface area contributed by atoms with Crippen molar-refractivity contribution in [3.05, 3.63) is 65.2 Å². The third-order valence-corrected chi connectivity index (χ3v) is 6.94. The third-order valence-electron chi connectivity index (χ3n) is 5.21. The van der Waals surface area contributed by atoms with Crippen LogP contribution in [-0.4, -0.2) is 46.4 Å². The summed E-state index contributed by atoms with van der Waals surface area (Å²) in [4.78, 5) is 14.0. The van der Waals surface area contributed by atoms with Crippen LogP contribution < -0.4 is 10.2 Å². The van der Waals surface area contributed by atoms with Gasteiger partial charge in [0.15, 0.2) is 9.84 Å². The van der Waals surface area contributed by atoms with Crippen LogP contribution in [0.4, 0.5) is 0 Å². The van der Waals surface area contributed by atoms with Crippen LogP contribution in [0.3, 0.4) is 0 Å². The summed E-state index contributed by atoms with van der Waals surface area (Å²) < 4.78 is 30.2. The number of aryl methyl sites for hydroxylation is 1. The highest BCUT2D eigenvalue weighted by Gasteiger charge is 2.18. The summed E-state index contributed by atoms with van der Waals surface area (Å²) in [6, 6.07) is 14.8. The minimum absolute atomic E-state index is 0.0485. The highest BCUT2D eigenvalue weighted by molar-refractivity contribution is 7.91. The maximum absolute atomic E-state index is 12.4. The molecule has 0 radical (unpaired) electrons. The third kappa shape index (κ3) is 6.39. The molecule has 7 heteroatoms. The fraction of sp³-hybridized carbons (Fsp3) is 0.409. The van der Waals surface area contributed by atoms with Crippen molar-refractivity contribution in [2.24, 2.45) is 0 Å². The zero-order chi connectivity index (χ0) is 20.7. The van der Waals surface area contributed by atoms with Gasteiger partial charge in [-0.3, -0.25) is 4.79 Å². The van der Waals surface area contributed by atoms with Crippen LogP contribution in [0.5, 0.6) is 0 Å². The van der Waals surface area contributed by atoms with Gasteiger partial charge in [0.1, 0.15) is 19.6 Å². The van der Waals surface area contributed by atoms with Crippen LogP contribution in [0.15, 0.2) is 53.4 Å². The molecule has 1 heterocycles. The molecule has 0 aromatic heterocycles. The Labute approximate surface area is 172 Å². The van der Waals surface area contributed by atoms with Crippen LogP contribution in [0.1, 0.15) is 23.1 Å². The molecule has 2 aromatic carbocycles. The van der Waals surface area contributed by atoms with Gasteiger partial charge in [0.25, 0.3) is 0 Å². The van der Waals surface area contributed by atoms with Crippen LogP contribution in [-0.2, 0) is 32.5 Å². The number of amides is 1. The minimum Gasteiger partial charge on any atom is -0.370 e. The molecule has 2 N–H and O–H groups in total. The standard InChI is InChI=1S/C22H28N2O4S/c1-18-6-8-21(9-7-18)29(26,27)15-10-22(25)23-16-19-4-2-3-5-20(19)17-24-11-13-28-14-12-24/h2-9H,10-17H2,1H3,(H,23,25)/p+1. The molecular formula is C22H29N2O4S+. The summed E-state index contributed by atoms with van der Waals surface area (Å²) in [7, 11) is -3.46. The van der Waals surface area contributed by atoms with Crippen molar-refractivity contribution >= 4 is 15.7 Å². The number of benzene rings is 2. The number of hydrogen-bond acceptors (Lipinski definition) is 4. The molecular weight excluding hydrogens is 388 g/mol. The van der Waals surface area contributed by atoms with Crippen molar-refractivity contribution in [1.82, 2.24) is 5.32 Å². The van der Waals surface area contributed by atoms with Crippen LogP contribution >= 0.6 is 0 Å². The second-order valence-corrected chi connectivity index (χ2v) is 9.58. The lowest BCUT2D eigenvalue weighted by atomic mass is 10.1. The van der Waals surface area contributed by atoms with E-state index in [0.717, 1.165) is 44.0 Å². The summed E-state index contributed by atoms with van der Waals surface area (Å²) in [6.45, 7) is 6.74. The second-order valence-electron chi connectivity index (χ2n) is 7.47. The summed E-state index contributed by atoms with van der Waals surface area (Å²) in [6.07, 6.45) is -0.0485. The molecule has 0 bridgehead atoms. The smallest absolute Gasteiger partial charge is 0.221 e. The van der Waals surface area contributed by atoms with E-state index in [0.29, 0.717) is 6.54 Å². The van der Waals surface area contributed by atoms with Crippen LogP contribution in [0, 0.1) is 6.92 Å². The molecule has 0 saturated carbocycles. The fourth-order valence-corrected chi connectivity index (χ4v) is 4.62. The molecule has 2 aromatic rings. The van der Waals surface area contributed by atoms with Gasteiger partial charge in [-0.1, -0.05) is 42.0 Å². The topological polar surface area (TPSA) is 76.9 Å². The van der Waals surface area contributed by atoms with E-state index < -0.39 is 9.84 Å². The molecule has 0 spiro atoms. The van der Waals surface area contributed by atoms with Crippen molar-refractivity contribution in [3.63, 3.8) is 0 Å². The Balaban J connectivity index is 1.52. The van der Waals surface area contributed by atoms with Gasteiger partial charge in [-0.05, 0) is 24.6 Å². The molecule has 3 rings (SSSR count). The van der Waals surface area contributed by atoms with E-state index in [1.807, 2.05) is 25.1 Å². The predicted molar refractivity (Wildman–Crippen MR) is 111 cm³/mol. The van der Waals surface area contributed by atoms with E-state index >= 15 is 0 Å². The van der Waals surface area contributed by atoms with E-state index in [9.17, 15) is 13.2 Å². The first-order chi connectivity index (χ1) is 13.9. The first-order valence-corrected chi connectivity index (χ1v) is 11.6. The van der Waals surface area contributed by atoms with E-state index in [2.05, 4.69) is 11.4 Å². The number of nitrogens with one attached hydrogen (secondary N) is 2. The Morgan fingerprint density at radius 1 is 1.03 bits per heavy atom. The van der Waals surface area contributed by atoms with Crippen LogP contribution in [0.25, 0.3) is 0 Å². The summed E-state index contributed by atoms with van der Waals surface area (Å²) >= 11 is 0. The number of hydrogen-bond donors (Lipinski definition) is 2. The number of carbonyl (C=O) groups is 1. The number of sulfone groups is 1. The van der Waals surface area contributed by atoms with E-state index in [1.54, 1.807) is 24.3 Å². The summed E-state index contributed by atoms with van der Waals surface area (Å²) in [5, 5.41) is 2.87. The van der Waals surface area contributed by atoms with Gasteiger partial charge in [0.05, 0.1) is 23.9 Å². The highest BCUT2D eigenvalue weighted by atomic mass is 32.2. The van der Waals surface area contributed by atoms with Gasteiger partial charge in [-0.2, -0.15) is 0 Å². The molecule has 0 aliphatic carbocycles. The minimum atomic E-state index is -3.46. The van der Waals surface area contributed by atoms with Gasteiger partial charge < -0.3 is 15.0 Å². The van der Waals surface area contributed by atoms with Crippen molar-refractivity contribution in [3.8, 4) is 0 Å². The van der Waals surface area contributed by atoms with Crippen LogP contribution in [0.2, 0.25) is 0 Å². The lowest BCUT2D eigenvalue weighted by Crippen LogP contribution is -3.12. The Hall–Kier alpha value is -2.22. The van der Waals surface area contributed by atoms with Crippen molar-refractivity contribution in [2.75, 3.05) is 32.1 Å². The Morgan fingerprint density at radius 2 is 1.69 bits per heavy atom. The summed E-state index contributed by atoms with van der Waals surface area (Å²) in [5.74, 6) is -0.448. The molecule has 29 heavy (non-hydrogen) atoms. The number of rotatable bonds is 8. The maximum atomic E-state index is 12.4. The average molecular weight is 418 g/mol. The predicted octanol–water partition coefficient (Wildman–Crippen LogP) is 0.890. The molecule has 0 unspecified atom stereocenters. The number of morpholine rings is 1. The van der Waals surface area contributed by atoms with Crippen molar-refractivity contribution in [1.29, 1.82) is 0 Å². The zero-order valence-electron chi connectivity index (χ0n) is 16.8. The highest BCUT2D eigenvalue weighted by Crippen LogP contribution is 2.13. The molecule has 0 atom stereocenters. The van der Waals surface area contributed by atoms with Gasteiger partial charge in [0, 0.05) is 18.5 Å². The molecule has 1 aliphatic rings. The average Bonchev–Trinajstić information content (AvgIpc) is 2.73. The molecule has 1 fully saturated rings. The largest absolute Gasteiger partial charge is 0.370 e. The number of ether oxygens (including phenoxy) is 1. The molecule has 6 nitrogen and oxygen atoms in total. The molecule has 1 saturated heterocycles. The van der Waals surface area contributed by atoms with E-state index in [1.165, 1.54) is 10.5 Å². The van der Waals surface area contributed by atoms with Crippen molar-refractivity contribution < 1.29 is 22.8 Å². The lowest BCUT2D eigenvalue weighted by molar-refractivity contribution is -0.921. The van der Waals surface area contributed by atoms with Gasteiger partial charge >= 0.3 is 0 Å². The molecule has 156 valence electrons. The fourth-order valence-electron chi connectivity index (χ4n) is 3.38. The van der Waals surface area contributed by atoms with Gasteiger partial charge in [-0.25, -0.2) is 8.42 Å². The number of quaternary nitrogens is 1. The first-order valence-electron chi connectivity index (χ1n) is 9.98. The maximum Gasteiger partial charge on any atom is 0.221 e. The number of carbonyl (C=O) groups excluding carboxylic acids is 1. The summed E-state index contributed by atoms with van der Waals surface area (Å²) in [5.41, 5.74) is 3.28. The molecule has 1 amide bonds. The Bertz CT molecular complexity index is 920. The van der Waals surface area contributed by atoms with Crippen molar-refractivity contribution in [2.45, 2.75) is 31.3 Å². The molecule has 1 aliphatic heterocycles. The Kier molecular flexibility index (Phi) is 7.41. The zero-order valence-corrected chi connectivity index (χ0v) is 17.6.